The van der Waals surface area contributed by atoms with Crippen molar-refractivity contribution < 1.29 is 9.53 Å². The molecule has 0 fully saturated rings. The van der Waals surface area contributed by atoms with Crippen LogP contribution in [-0.2, 0) is 11.2 Å². The molecule has 0 radical (unpaired) electrons. The molecule has 0 aliphatic heterocycles. The predicted molar refractivity (Wildman–Crippen MR) is 124 cm³/mol. The molecule has 0 unspecified atom stereocenters. The first-order valence-corrected chi connectivity index (χ1v) is 10.6. The maximum absolute atomic E-state index is 12.7. The molecule has 2 aromatic carbocycles. The Morgan fingerprint density at radius 2 is 1.91 bits per heavy atom. The minimum atomic E-state index is -0.530. The summed E-state index contributed by atoms with van der Waals surface area (Å²) in [5, 5.41) is 21.5. The average molecular weight is 442 g/mol. The molecule has 0 spiro atoms. The minimum Gasteiger partial charge on any atom is -0.497 e. The summed E-state index contributed by atoms with van der Waals surface area (Å²) < 4.78 is 7.08. The first-order chi connectivity index (χ1) is 15.7. The molecule has 0 atom stereocenters. The van der Waals surface area contributed by atoms with E-state index in [0.717, 1.165) is 22.0 Å². The highest BCUT2D eigenvalue weighted by molar-refractivity contribution is 7.15. The van der Waals surface area contributed by atoms with Gasteiger partial charge in [-0.15, -0.1) is 10.2 Å². The van der Waals surface area contributed by atoms with Crippen LogP contribution in [0.25, 0.3) is 11.8 Å². The topological polar surface area (TPSA) is 92.8 Å². The lowest BCUT2D eigenvalue weighted by Crippen LogP contribution is -2.13. The summed E-state index contributed by atoms with van der Waals surface area (Å²) in [4.78, 5) is 12.7. The summed E-state index contributed by atoms with van der Waals surface area (Å²) in [6.07, 6.45) is 4.04. The maximum atomic E-state index is 12.7. The Bertz CT molecular complexity index is 1280. The molecule has 32 heavy (non-hydrogen) atoms. The highest BCUT2D eigenvalue weighted by Crippen LogP contribution is 2.21. The van der Waals surface area contributed by atoms with Crippen LogP contribution < -0.4 is 10.1 Å². The van der Waals surface area contributed by atoms with E-state index in [0.29, 0.717) is 17.2 Å². The van der Waals surface area contributed by atoms with Crippen molar-refractivity contribution in [3.8, 4) is 17.5 Å². The second kappa shape index (κ2) is 9.73. The van der Waals surface area contributed by atoms with Gasteiger partial charge in [0.2, 0.25) is 5.13 Å². The fourth-order valence-electron chi connectivity index (χ4n) is 3.10. The third-order valence-electron chi connectivity index (χ3n) is 4.67. The van der Waals surface area contributed by atoms with Crippen molar-refractivity contribution in [3.63, 3.8) is 0 Å². The summed E-state index contributed by atoms with van der Waals surface area (Å²) in [5.41, 5.74) is 2.66. The minimum absolute atomic E-state index is 0.0294. The summed E-state index contributed by atoms with van der Waals surface area (Å²) in [7, 11) is 1.61. The van der Waals surface area contributed by atoms with E-state index in [1.807, 2.05) is 83.6 Å². The van der Waals surface area contributed by atoms with Crippen LogP contribution in [0, 0.1) is 11.3 Å². The van der Waals surface area contributed by atoms with Gasteiger partial charge in [-0.25, -0.2) is 0 Å². The van der Waals surface area contributed by atoms with E-state index >= 15 is 0 Å². The Morgan fingerprint density at radius 1 is 1.12 bits per heavy atom. The number of ether oxygens (including phenoxy) is 1. The second-order valence-corrected chi connectivity index (χ2v) is 7.85. The number of carbonyl (C=O) groups is 1. The highest BCUT2D eigenvalue weighted by Gasteiger charge is 2.14. The van der Waals surface area contributed by atoms with Gasteiger partial charge in [-0.3, -0.25) is 10.1 Å². The number of methoxy groups -OCH3 is 1. The Kier molecular flexibility index (Phi) is 6.39. The molecule has 0 saturated heterocycles. The van der Waals surface area contributed by atoms with Crippen LogP contribution >= 0.6 is 11.3 Å². The average Bonchev–Trinajstić information content (AvgIpc) is 3.47. The number of nitriles is 1. The molecule has 1 amide bonds. The van der Waals surface area contributed by atoms with Crippen molar-refractivity contribution in [2.75, 3.05) is 12.4 Å². The van der Waals surface area contributed by atoms with E-state index in [1.54, 1.807) is 13.2 Å². The van der Waals surface area contributed by atoms with Gasteiger partial charge in [0.1, 0.15) is 22.4 Å². The number of nitrogens with one attached hydrogen (secondary N) is 1. The van der Waals surface area contributed by atoms with Crippen molar-refractivity contribution in [2.24, 2.45) is 0 Å². The lowest BCUT2D eigenvalue weighted by atomic mass is 10.2. The Balaban J connectivity index is 1.49. The van der Waals surface area contributed by atoms with Crippen LogP contribution in [0.5, 0.6) is 5.75 Å². The smallest absolute Gasteiger partial charge is 0.268 e. The van der Waals surface area contributed by atoms with Gasteiger partial charge in [-0.2, -0.15) is 5.26 Å². The molecule has 4 aromatic rings. The quantitative estimate of drug-likeness (QED) is 0.337. The number of aromatic nitrogens is 3. The summed E-state index contributed by atoms with van der Waals surface area (Å²) >= 11 is 1.29. The number of anilines is 1. The molecule has 2 aromatic heterocycles. The number of rotatable bonds is 7. The Morgan fingerprint density at radius 3 is 2.62 bits per heavy atom. The molecule has 8 heteroatoms. The maximum Gasteiger partial charge on any atom is 0.268 e. The van der Waals surface area contributed by atoms with Crippen LogP contribution in [0.15, 0.2) is 78.5 Å². The molecule has 0 aliphatic rings. The van der Waals surface area contributed by atoms with Gasteiger partial charge < -0.3 is 9.30 Å². The molecule has 0 bridgehead atoms. The third-order valence-corrected chi connectivity index (χ3v) is 5.51. The van der Waals surface area contributed by atoms with Crippen molar-refractivity contribution in [2.45, 2.75) is 6.42 Å². The van der Waals surface area contributed by atoms with Crippen LogP contribution in [-0.4, -0.2) is 27.8 Å². The van der Waals surface area contributed by atoms with Gasteiger partial charge in [-0.05, 0) is 48.0 Å². The standard InChI is InChI=1S/C24H19N5O2S/c1-31-21-11-9-19(10-12-21)29-13-5-8-20(29)15-18(16-25)23(30)26-24-28-27-22(32-24)14-17-6-3-2-4-7-17/h2-13,15H,14H2,1H3,(H,26,28,30)/b18-15-. The summed E-state index contributed by atoms with van der Waals surface area (Å²) in [5.74, 6) is 0.219. The normalized spacial score (nSPS) is 11.1. The fraction of sp³-hybridized carbons (Fsp3) is 0.0833. The highest BCUT2D eigenvalue weighted by atomic mass is 32.1. The number of hydrogen-bond acceptors (Lipinski definition) is 6. The first-order valence-electron chi connectivity index (χ1n) is 9.77. The molecule has 4 rings (SSSR count). The number of benzene rings is 2. The van der Waals surface area contributed by atoms with E-state index in [-0.39, 0.29) is 5.57 Å². The lowest BCUT2D eigenvalue weighted by Gasteiger charge is -2.08. The number of carbonyl (C=O) groups excluding carboxylic acids is 1. The monoisotopic (exact) mass is 441 g/mol. The van der Waals surface area contributed by atoms with E-state index in [4.69, 9.17) is 4.74 Å². The number of amides is 1. The zero-order chi connectivity index (χ0) is 22.3. The first kappa shape index (κ1) is 21.0. The van der Waals surface area contributed by atoms with Crippen LogP contribution in [0.1, 0.15) is 16.3 Å². The van der Waals surface area contributed by atoms with E-state index in [1.165, 1.54) is 11.3 Å². The van der Waals surface area contributed by atoms with Crippen molar-refractivity contribution >= 4 is 28.5 Å². The third kappa shape index (κ3) is 4.91. The van der Waals surface area contributed by atoms with Gasteiger partial charge in [0.25, 0.3) is 5.91 Å². The fourth-order valence-corrected chi connectivity index (χ4v) is 3.87. The lowest BCUT2D eigenvalue weighted by molar-refractivity contribution is -0.112. The van der Waals surface area contributed by atoms with Crippen molar-refractivity contribution in [3.05, 3.63) is 94.8 Å². The Hall–Kier alpha value is -4.22. The SMILES string of the molecule is COc1ccc(-n2cccc2/C=C(/C#N)C(=O)Nc2nnc(Cc3ccccc3)s2)cc1. The molecule has 1 N–H and O–H groups in total. The molecule has 0 saturated carbocycles. The summed E-state index contributed by atoms with van der Waals surface area (Å²) in [6.45, 7) is 0. The largest absolute Gasteiger partial charge is 0.497 e. The molecular formula is C24H19N5O2S. The molecule has 2 heterocycles. The number of hydrogen-bond donors (Lipinski definition) is 1. The van der Waals surface area contributed by atoms with Gasteiger partial charge in [0.15, 0.2) is 0 Å². The van der Waals surface area contributed by atoms with E-state index in [2.05, 4.69) is 15.5 Å². The zero-order valence-corrected chi connectivity index (χ0v) is 18.0. The van der Waals surface area contributed by atoms with Crippen LogP contribution in [0.4, 0.5) is 5.13 Å². The van der Waals surface area contributed by atoms with Gasteiger partial charge in [0, 0.05) is 24.0 Å². The summed E-state index contributed by atoms with van der Waals surface area (Å²) in [6, 6.07) is 23.1. The van der Waals surface area contributed by atoms with Gasteiger partial charge >= 0.3 is 0 Å². The molecule has 7 nitrogen and oxygen atoms in total. The van der Waals surface area contributed by atoms with E-state index < -0.39 is 5.91 Å². The zero-order valence-electron chi connectivity index (χ0n) is 17.2. The predicted octanol–water partition coefficient (Wildman–Crippen LogP) is 4.47. The van der Waals surface area contributed by atoms with Crippen molar-refractivity contribution in [1.82, 2.24) is 14.8 Å². The van der Waals surface area contributed by atoms with Crippen molar-refractivity contribution in [1.29, 1.82) is 5.26 Å². The second-order valence-electron chi connectivity index (χ2n) is 6.79. The van der Waals surface area contributed by atoms with Crippen LogP contribution in [0.2, 0.25) is 0 Å². The Labute approximate surface area is 189 Å². The molecule has 158 valence electrons. The molecule has 0 aliphatic carbocycles. The van der Waals surface area contributed by atoms with Gasteiger partial charge in [0.05, 0.1) is 7.11 Å². The van der Waals surface area contributed by atoms with Gasteiger partial charge in [-0.1, -0.05) is 41.7 Å². The van der Waals surface area contributed by atoms with Crippen LogP contribution in [0.3, 0.4) is 0 Å². The van der Waals surface area contributed by atoms with E-state index in [9.17, 15) is 10.1 Å². The number of nitrogens with zero attached hydrogens (tertiary/aromatic N) is 4. The molecular weight excluding hydrogens is 422 g/mol.